The van der Waals surface area contributed by atoms with Crippen molar-refractivity contribution in [3.63, 3.8) is 0 Å². The molecule has 0 bridgehead atoms. The summed E-state index contributed by atoms with van der Waals surface area (Å²) < 4.78 is 0. The topological polar surface area (TPSA) is 55.9 Å². The monoisotopic (exact) mass is 372 g/mol. The zero-order chi connectivity index (χ0) is 19.2. The van der Waals surface area contributed by atoms with Crippen LogP contribution in [-0.2, 0) is 9.59 Å². The van der Waals surface area contributed by atoms with Gasteiger partial charge in [-0.25, -0.2) is 0 Å². The van der Waals surface area contributed by atoms with Gasteiger partial charge in [0, 0.05) is 50.5 Å². The molecule has 1 aliphatic heterocycles. The van der Waals surface area contributed by atoms with Gasteiger partial charge >= 0.3 is 0 Å². The molecule has 0 aromatic heterocycles. The normalized spacial score (nSPS) is 19.0. The first kappa shape index (κ1) is 19.7. The van der Waals surface area contributed by atoms with Crippen molar-refractivity contribution in [1.29, 1.82) is 0 Å². The summed E-state index contributed by atoms with van der Waals surface area (Å²) in [4.78, 5) is 30.9. The van der Waals surface area contributed by atoms with Crippen LogP contribution in [0.5, 0.6) is 0 Å². The van der Waals surface area contributed by atoms with E-state index in [4.69, 9.17) is 0 Å². The van der Waals surface area contributed by atoms with E-state index in [0.29, 0.717) is 0 Å². The third-order valence-electron chi connectivity index (χ3n) is 5.75. The number of hydrogen-bond acceptors (Lipinski definition) is 4. The Morgan fingerprint density at radius 2 is 1.67 bits per heavy atom. The zero-order valence-corrected chi connectivity index (χ0v) is 16.6. The zero-order valence-electron chi connectivity index (χ0n) is 16.6. The van der Waals surface area contributed by atoms with Crippen molar-refractivity contribution in [3.8, 4) is 0 Å². The second-order valence-electron chi connectivity index (χ2n) is 7.82. The highest BCUT2D eigenvalue weighted by Gasteiger charge is 2.25. The first-order valence-corrected chi connectivity index (χ1v) is 10.1. The highest BCUT2D eigenvalue weighted by Crippen LogP contribution is 2.23. The van der Waals surface area contributed by atoms with Crippen molar-refractivity contribution < 1.29 is 9.59 Å². The third kappa shape index (κ3) is 5.45. The maximum absolute atomic E-state index is 12.5. The Morgan fingerprint density at radius 1 is 1.04 bits per heavy atom. The van der Waals surface area contributed by atoms with Crippen LogP contribution in [0.4, 0.5) is 11.4 Å². The van der Waals surface area contributed by atoms with E-state index in [9.17, 15) is 9.59 Å². The maximum atomic E-state index is 12.5. The molecule has 0 unspecified atom stereocenters. The second-order valence-corrected chi connectivity index (χ2v) is 7.82. The van der Waals surface area contributed by atoms with E-state index in [0.717, 1.165) is 57.5 Å². The molecule has 1 N–H and O–H groups in total. The molecule has 1 heterocycles. The lowest BCUT2D eigenvalue weighted by Crippen LogP contribution is -2.44. The Morgan fingerprint density at radius 3 is 2.26 bits per heavy atom. The van der Waals surface area contributed by atoms with E-state index in [1.165, 1.54) is 12.1 Å². The minimum Gasteiger partial charge on any atom is -0.369 e. The van der Waals surface area contributed by atoms with Gasteiger partial charge in [-0.05, 0) is 44.2 Å². The number of amides is 2. The van der Waals surface area contributed by atoms with Crippen LogP contribution in [0.3, 0.4) is 0 Å². The van der Waals surface area contributed by atoms with E-state index in [1.807, 2.05) is 12.1 Å². The van der Waals surface area contributed by atoms with Crippen molar-refractivity contribution in [3.05, 3.63) is 24.3 Å². The van der Waals surface area contributed by atoms with Gasteiger partial charge in [-0.15, -0.1) is 0 Å². The van der Waals surface area contributed by atoms with Gasteiger partial charge in [0.25, 0.3) is 0 Å². The molecule has 3 rings (SSSR count). The van der Waals surface area contributed by atoms with Crippen molar-refractivity contribution in [1.82, 2.24) is 9.80 Å². The van der Waals surface area contributed by atoms with Gasteiger partial charge in [0.15, 0.2) is 0 Å². The molecule has 2 aliphatic rings. The fraction of sp³-hybridized carbons (Fsp3) is 0.619. The standard InChI is InChI=1S/C21H32N4O2/c1-17(26)25(20-6-4-3-5-7-20)16-21(27)22-18-8-10-19(11-9-18)24-14-12-23(2)13-15-24/h8-11,20H,3-7,12-16H2,1-2H3,(H,22,27). The van der Waals surface area contributed by atoms with Crippen LogP contribution in [0.15, 0.2) is 24.3 Å². The molecule has 2 amide bonds. The van der Waals surface area contributed by atoms with Crippen molar-refractivity contribution in [2.45, 2.75) is 45.1 Å². The molecule has 1 aliphatic carbocycles. The van der Waals surface area contributed by atoms with Crippen LogP contribution in [0.2, 0.25) is 0 Å². The number of anilines is 2. The van der Waals surface area contributed by atoms with Crippen LogP contribution >= 0.6 is 0 Å². The Kier molecular flexibility index (Phi) is 6.72. The molecule has 0 spiro atoms. The van der Waals surface area contributed by atoms with Gasteiger partial charge in [-0.1, -0.05) is 19.3 Å². The first-order chi connectivity index (χ1) is 13.0. The largest absolute Gasteiger partial charge is 0.369 e. The summed E-state index contributed by atoms with van der Waals surface area (Å²) in [5.74, 6) is -0.134. The van der Waals surface area contributed by atoms with Crippen molar-refractivity contribution >= 4 is 23.2 Å². The van der Waals surface area contributed by atoms with Crippen LogP contribution in [0.1, 0.15) is 39.0 Å². The number of nitrogens with zero attached hydrogens (tertiary/aromatic N) is 3. The lowest BCUT2D eigenvalue weighted by atomic mass is 9.94. The average molecular weight is 373 g/mol. The SMILES string of the molecule is CC(=O)N(CC(=O)Nc1ccc(N2CCN(C)CC2)cc1)C1CCCCC1. The number of carbonyl (C=O) groups is 2. The highest BCUT2D eigenvalue weighted by molar-refractivity contribution is 5.94. The van der Waals surface area contributed by atoms with Gasteiger partial charge in [0.1, 0.15) is 6.54 Å². The minimum atomic E-state index is -0.122. The summed E-state index contributed by atoms with van der Waals surface area (Å²) in [6, 6.07) is 8.23. The van der Waals surface area contributed by atoms with E-state index < -0.39 is 0 Å². The summed E-state index contributed by atoms with van der Waals surface area (Å²) in [5, 5.41) is 2.94. The summed E-state index contributed by atoms with van der Waals surface area (Å²) in [6.45, 7) is 5.89. The van der Waals surface area contributed by atoms with Crippen LogP contribution in [0, 0.1) is 0 Å². The lowest BCUT2D eigenvalue weighted by Gasteiger charge is -2.34. The average Bonchev–Trinajstić information content (AvgIpc) is 2.68. The predicted octanol–water partition coefficient (Wildman–Crippen LogP) is 2.56. The smallest absolute Gasteiger partial charge is 0.244 e. The molecule has 6 heteroatoms. The van der Waals surface area contributed by atoms with Crippen molar-refractivity contribution in [2.24, 2.45) is 0 Å². The van der Waals surface area contributed by atoms with Crippen LogP contribution < -0.4 is 10.2 Å². The quantitative estimate of drug-likeness (QED) is 0.863. The molecule has 6 nitrogen and oxygen atoms in total. The maximum Gasteiger partial charge on any atom is 0.244 e. The van der Waals surface area contributed by atoms with E-state index in [2.05, 4.69) is 34.3 Å². The number of nitrogens with one attached hydrogen (secondary N) is 1. The summed E-state index contributed by atoms with van der Waals surface area (Å²) in [5.41, 5.74) is 1.97. The molecule has 0 radical (unpaired) electrons. The second kappa shape index (κ2) is 9.22. The number of rotatable bonds is 5. The lowest BCUT2D eigenvalue weighted by molar-refractivity contribution is -0.135. The first-order valence-electron chi connectivity index (χ1n) is 10.1. The number of hydrogen-bond donors (Lipinski definition) is 1. The van der Waals surface area contributed by atoms with Gasteiger partial charge in [-0.3, -0.25) is 9.59 Å². The van der Waals surface area contributed by atoms with Gasteiger partial charge in [0.2, 0.25) is 11.8 Å². The molecule has 1 saturated carbocycles. The van der Waals surface area contributed by atoms with E-state index in [1.54, 1.807) is 11.8 Å². The molecule has 148 valence electrons. The Labute approximate surface area is 162 Å². The Hall–Kier alpha value is -2.08. The molecular formula is C21H32N4O2. The fourth-order valence-electron chi connectivity index (χ4n) is 4.07. The molecule has 2 fully saturated rings. The molecule has 0 atom stereocenters. The van der Waals surface area contributed by atoms with Crippen LogP contribution in [0.25, 0.3) is 0 Å². The molecular weight excluding hydrogens is 340 g/mol. The number of likely N-dealkylation sites (N-methyl/N-ethyl adjacent to an activating group) is 1. The number of benzene rings is 1. The molecule has 1 aromatic rings. The summed E-state index contributed by atoms with van der Waals surface area (Å²) in [7, 11) is 2.15. The summed E-state index contributed by atoms with van der Waals surface area (Å²) >= 11 is 0. The molecule has 1 saturated heterocycles. The van der Waals surface area contributed by atoms with Gasteiger partial charge in [-0.2, -0.15) is 0 Å². The number of piperazine rings is 1. The van der Waals surface area contributed by atoms with Gasteiger partial charge < -0.3 is 20.0 Å². The molecule has 1 aromatic carbocycles. The molecule has 27 heavy (non-hydrogen) atoms. The Balaban J connectivity index is 1.54. The highest BCUT2D eigenvalue weighted by atomic mass is 16.2. The van der Waals surface area contributed by atoms with Crippen LogP contribution in [-0.4, -0.2) is 67.4 Å². The van der Waals surface area contributed by atoms with E-state index in [-0.39, 0.29) is 24.4 Å². The minimum absolute atomic E-state index is 0.0116. The Bertz CT molecular complexity index is 632. The van der Waals surface area contributed by atoms with E-state index >= 15 is 0 Å². The van der Waals surface area contributed by atoms with Gasteiger partial charge in [0.05, 0.1) is 0 Å². The third-order valence-corrected chi connectivity index (χ3v) is 5.75. The fourth-order valence-corrected chi connectivity index (χ4v) is 4.07. The number of carbonyl (C=O) groups excluding carboxylic acids is 2. The van der Waals surface area contributed by atoms with Crippen molar-refractivity contribution in [2.75, 3.05) is 50.0 Å². The predicted molar refractivity (Wildman–Crippen MR) is 109 cm³/mol. The summed E-state index contributed by atoms with van der Waals surface area (Å²) in [6.07, 6.45) is 5.53.